The van der Waals surface area contributed by atoms with Crippen LogP contribution in [-0.2, 0) is 17.1 Å². The van der Waals surface area contributed by atoms with Crippen LogP contribution in [0.25, 0.3) is 33.8 Å². The van der Waals surface area contributed by atoms with Gasteiger partial charge in [0.1, 0.15) is 0 Å². The van der Waals surface area contributed by atoms with Gasteiger partial charge < -0.3 is 5.73 Å². The van der Waals surface area contributed by atoms with E-state index < -0.39 is 0 Å². The molecule has 0 bridgehead atoms. The molecule has 0 saturated carbocycles. The first kappa shape index (κ1) is 17.8. The summed E-state index contributed by atoms with van der Waals surface area (Å²) in [5, 5.41) is 0. The number of pyridine rings is 3. The van der Waals surface area contributed by atoms with Crippen molar-refractivity contribution in [3.8, 4) is 33.8 Å². The van der Waals surface area contributed by atoms with Crippen LogP contribution < -0.4 is 5.73 Å². The standard InChI is InChI=1S/C21H16N4.Fe/c22-17-11-14-25-21(19(17)15-7-2-1-3-8-15)16-9-6-13-24-20(16)18-10-4-5-12-23-18;/h1-14H,(H2,22,25);. The Balaban J connectivity index is 0.00000196. The Morgan fingerprint density at radius 1 is 0.615 bits per heavy atom. The van der Waals surface area contributed by atoms with E-state index in [1.807, 2.05) is 66.7 Å². The normalized spacial score (nSPS) is 10.2. The van der Waals surface area contributed by atoms with Crippen LogP contribution in [0.2, 0.25) is 0 Å². The van der Waals surface area contributed by atoms with Crippen LogP contribution in [0.15, 0.2) is 85.3 Å². The molecule has 0 saturated heterocycles. The summed E-state index contributed by atoms with van der Waals surface area (Å²) in [6.45, 7) is 0. The van der Waals surface area contributed by atoms with Crippen LogP contribution in [0.4, 0.5) is 5.69 Å². The minimum Gasteiger partial charge on any atom is -0.398 e. The van der Waals surface area contributed by atoms with E-state index >= 15 is 0 Å². The van der Waals surface area contributed by atoms with Gasteiger partial charge in [-0.1, -0.05) is 36.4 Å². The van der Waals surface area contributed by atoms with Crippen molar-refractivity contribution in [3.05, 3.63) is 85.3 Å². The molecule has 0 amide bonds. The van der Waals surface area contributed by atoms with E-state index in [1.165, 1.54) is 0 Å². The van der Waals surface area contributed by atoms with Crippen LogP contribution in [0.5, 0.6) is 0 Å². The third-order valence-corrected chi connectivity index (χ3v) is 4.02. The molecular weight excluding hydrogens is 364 g/mol. The second-order valence-corrected chi connectivity index (χ2v) is 5.60. The molecule has 4 nitrogen and oxygen atoms in total. The molecule has 26 heavy (non-hydrogen) atoms. The van der Waals surface area contributed by atoms with Crippen molar-refractivity contribution in [3.63, 3.8) is 0 Å². The molecule has 128 valence electrons. The zero-order valence-corrected chi connectivity index (χ0v) is 15.0. The van der Waals surface area contributed by atoms with Crippen molar-refractivity contribution in [2.45, 2.75) is 0 Å². The van der Waals surface area contributed by atoms with Crippen molar-refractivity contribution >= 4 is 5.69 Å². The number of benzene rings is 1. The van der Waals surface area contributed by atoms with Gasteiger partial charge in [0.05, 0.1) is 17.1 Å². The Labute approximate surface area is 162 Å². The van der Waals surface area contributed by atoms with Gasteiger partial charge in [0.2, 0.25) is 0 Å². The van der Waals surface area contributed by atoms with Gasteiger partial charge in [-0.15, -0.1) is 0 Å². The number of nitrogen functional groups attached to an aromatic ring is 1. The third-order valence-electron chi connectivity index (χ3n) is 4.02. The third kappa shape index (κ3) is 3.36. The van der Waals surface area contributed by atoms with Gasteiger partial charge in [0, 0.05) is 52.5 Å². The maximum absolute atomic E-state index is 6.30. The summed E-state index contributed by atoms with van der Waals surface area (Å²) in [5.41, 5.74) is 12.2. The van der Waals surface area contributed by atoms with Gasteiger partial charge in [-0.3, -0.25) is 15.0 Å². The predicted octanol–water partition coefficient (Wildman–Crippen LogP) is 4.45. The second kappa shape index (κ2) is 7.91. The Hall–Kier alpha value is -3.01. The van der Waals surface area contributed by atoms with Gasteiger partial charge in [0.15, 0.2) is 0 Å². The molecule has 0 atom stereocenters. The molecule has 0 aliphatic carbocycles. The van der Waals surface area contributed by atoms with Crippen molar-refractivity contribution in [1.29, 1.82) is 0 Å². The largest absolute Gasteiger partial charge is 0.398 e. The number of aromatic nitrogens is 3. The molecule has 3 heterocycles. The minimum atomic E-state index is 0. The smallest absolute Gasteiger partial charge is 0.0980 e. The number of hydrogen-bond donors (Lipinski definition) is 1. The van der Waals surface area contributed by atoms with Crippen LogP contribution in [0.1, 0.15) is 0 Å². The van der Waals surface area contributed by atoms with E-state index in [-0.39, 0.29) is 17.1 Å². The molecule has 4 aromatic rings. The number of anilines is 1. The Morgan fingerprint density at radius 3 is 2.12 bits per heavy atom. The van der Waals surface area contributed by atoms with E-state index in [0.29, 0.717) is 5.69 Å². The zero-order chi connectivity index (χ0) is 17.1. The van der Waals surface area contributed by atoms with Gasteiger partial charge in [-0.05, 0) is 35.9 Å². The molecule has 3 aromatic heterocycles. The van der Waals surface area contributed by atoms with E-state index in [4.69, 9.17) is 5.73 Å². The molecule has 0 unspecified atom stereocenters. The topological polar surface area (TPSA) is 64.7 Å². The molecule has 2 N–H and O–H groups in total. The van der Waals surface area contributed by atoms with E-state index in [2.05, 4.69) is 15.0 Å². The predicted molar refractivity (Wildman–Crippen MR) is 101 cm³/mol. The maximum Gasteiger partial charge on any atom is 0.0980 e. The Kier molecular flexibility index (Phi) is 5.42. The molecule has 0 aliphatic heterocycles. The fourth-order valence-electron chi connectivity index (χ4n) is 2.89. The van der Waals surface area contributed by atoms with Crippen LogP contribution in [0, 0.1) is 0 Å². The SMILES string of the molecule is Nc1ccnc(-c2cccnc2-c2ccccn2)c1-c1ccccc1.[Fe]. The average Bonchev–Trinajstić information content (AvgIpc) is 2.69. The first-order valence-electron chi connectivity index (χ1n) is 8.01. The first-order valence-corrected chi connectivity index (χ1v) is 8.01. The number of nitrogens with zero attached hydrogens (tertiary/aromatic N) is 3. The number of nitrogens with two attached hydrogens (primary N) is 1. The molecule has 0 fully saturated rings. The molecule has 5 heteroatoms. The summed E-state index contributed by atoms with van der Waals surface area (Å²) in [5.74, 6) is 0. The zero-order valence-electron chi connectivity index (χ0n) is 13.9. The maximum atomic E-state index is 6.30. The van der Waals surface area contributed by atoms with Crippen LogP contribution in [-0.4, -0.2) is 15.0 Å². The van der Waals surface area contributed by atoms with Gasteiger partial charge >= 0.3 is 0 Å². The van der Waals surface area contributed by atoms with Crippen LogP contribution in [0.3, 0.4) is 0 Å². The van der Waals surface area contributed by atoms with Crippen molar-refractivity contribution in [2.75, 3.05) is 5.73 Å². The van der Waals surface area contributed by atoms with Crippen molar-refractivity contribution < 1.29 is 17.1 Å². The molecule has 0 radical (unpaired) electrons. The summed E-state index contributed by atoms with van der Waals surface area (Å²) in [7, 11) is 0. The summed E-state index contributed by atoms with van der Waals surface area (Å²) in [6.07, 6.45) is 5.26. The molecule has 0 aliphatic rings. The summed E-state index contributed by atoms with van der Waals surface area (Å²) < 4.78 is 0. The monoisotopic (exact) mass is 380 g/mol. The van der Waals surface area contributed by atoms with Gasteiger partial charge in [-0.2, -0.15) is 0 Å². The van der Waals surface area contributed by atoms with E-state index in [0.717, 1.165) is 33.8 Å². The minimum absolute atomic E-state index is 0. The number of hydrogen-bond acceptors (Lipinski definition) is 4. The van der Waals surface area contributed by atoms with Crippen molar-refractivity contribution in [2.24, 2.45) is 0 Å². The quantitative estimate of drug-likeness (QED) is 0.534. The fraction of sp³-hybridized carbons (Fsp3) is 0. The summed E-state index contributed by atoms with van der Waals surface area (Å²) in [4.78, 5) is 13.6. The number of rotatable bonds is 3. The van der Waals surface area contributed by atoms with E-state index in [1.54, 1.807) is 18.6 Å². The van der Waals surface area contributed by atoms with Gasteiger partial charge in [0.25, 0.3) is 0 Å². The average molecular weight is 380 g/mol. The Bertz CT molecular complexity index is 1000. The van der Waals surface area contributed by atoms with Crippen LogP contribution >= 0.6 is 0 Å². The summed E-state index contributed by atoms with van der Waals surface area (Å²) >= 11 is 0. The molecular formula is C21H16FeN4. The fourth-order valence-corrected chi connectivity index (χ4v) is 2.89. The summed E-state index contributed by atoms with van der Waals surface area (Å²) in [6, 6.07) is 21.6. The van der Waals surface area contributed by atoms with Gasteiger partial charge in [-0.25, -0.2) is 0 Å². The second-order valence-electron chi connectivity index (χ2n) is 5.60. The van der Waals surface area contributed by atoms with Crippen molar-refractivity contribution in [1.82, 2.24) is 15.0 Å². The molecule has 4 rings (SSSR count). The Morgan fingerprint density at radius 2 is 1.35 bits per heavy atom. The molecule has 0 spiro atoms. The first-order chi connectivity index (χ1) is 12.3. The van der Waals surface area contributed by atoms with E-state index in [9.17, 15) is 0 Å². The molecule has 1 aromatic carbocycles.